The van der Waals surface area contributed by atoms with Crippen molar-refractivity contribution in [3.05, 3.63) is 53.3 Å². The Morgan fingerprint density at radius 3 is 2.86 bits per heavy atom. The minimum atomic E-state index is 0.885. The zero-order chi connectivity index (χ0) is 14.2. The average Bonchev–Trinajstić information content (AvgIpc) is 2.89. The van der Waals surface area contributed by atoms with E-state index in [2.05, 4.69) is 36.9 Å². The van der Waals surface area contributed by atoms with Crippen molar-refractivity contribution >= 4 is 60.3 Å². The summed E-state index contributed by atoms with van der Waals surface area (Å²) in [5.74, 6) is 0. The van der Waals surface area contributed by atoms with Crippen LogP contribution >= 0.6 is 39.0 Å². The van der Waals surface area contributed by atoms with E-state index in [9.17, 15) is 0 Å². The molecular formula is C15H8BrN3S2. The molecule has 0 aliphatic heterocycles. The molecule has 0 spiro atoms. The molecule has 3 nitrogen and oxygen atoms in total. The van der Waals surface area contributed by atoms with Crippen molar-refractivity contribution in [3.63, 3.8) is 0 Å². The normalized spacial score (nSPS) is 11.3. The third-order valence-corrected chi connectivity index (χ3v) is 5.56. The second-order valence-corrected chi connectivity index (χ2v) is 7.62. The molecule has 4 rings (SSSR count). The molecule has 0 fully saturated rings. The average molecular weight is 374 g/mol. The van der Waals surface area contributed by atoms with Crippen molar-refractivity contribution in [1.82, 2.24) is 15.0 Å². The maximum Gasteiger partial charge on any atom is 0.155 e. The number of pyridine rings is 2. The van der Waals surface area contributed by atoms with Crippen molar-refractivity contribution in [2.45, 2.75) is 9.24 Å². The molecule has 21 heavy (non-hydrogen) atoms. The molecule has 0 N–H and O–H groups in total. The predicted octanol–water partition coefficient (Wildman–Crippen LogP) is 5.15. The lowest BCUT2D eigenvalue weighted by Gasteiger charge is -2.02. The molecule has 0 bridgehead atoms. The lowest BCUT2D eigenvalue weighted by atomic mass is 10.3. The quantitative estimate of drug-likeness (QED) is 0.486. The minimum absolute atomic E-state index is 0.885. The first-order valence-electron chi connectivity index (χ1n) is 6.23. The van der Waals surface area contributed by atoms with Gasteiger partial charge in [0.2, 0.25) is 0 Å². The molecule has 4 aromatic rings. The molecule has 0 amide bonds. The second kappa shape index (κ2) is 5.36. The Bertz CT molecular complexity index is 919. The number of hydrogen-bond donors (Lipinski definition) is 0. The molecule has 102 valence electrons. The van der Waals surface area contributed by atoms with Gasteiger partial charge in [-0.2, -0.15) is 0 Å². The van der Waals surface area contributed by atoms with Gasteiger partial charge in [0.15, 0.2) is 4.34 Å². The summed E-state index contributed by atoms with van der Waals surface area (Å²) in [7, 11) is 0. The summed E-state index contributed by atoms with van der Waals surface area (Å²) in [6, 6.07) is 12.1. The van der Waals surface area contributed by atoms with Gasteiger partial charge in [0.1, 0.15) is 5.52 Å². The summed E-state index contributed by atoms with van der Waals surface area (Å²) in [5.41, 5.74) is 2.83. The van der Waals surface area contributed by atoms with E-state index < -0.39 is 0 Å². The Morgan fingerprint density at radius 2 is 1.95 bits per heavy atom. The molecule has 1 aromatic carbocycles. The Morgan fingerprint density at radius 1 is 1.05 bits per heavy atom. The van der Waals surface area contributed by atoms with E-state index in [1.54, 1.807) is 29.3 Å². The SMILES string of the molecule is Brc1cnc2c(Sc3nc4ccccc4s3)ccnc2c1. The van der Waals surface area contributed by atoms with Gasteiger partial charge in [0.05, 0.1) is 15.7 Å². The van der Waals surface area contributed by atoms with Crippen LogP contribution in [0.3, 0.4) is 0 Å². The van der Waals surface area contributed by atoms with E-state index in [4.69, 9.17) is 0 Å². The first-order valence-corrected chi connectivity index (χ1v) is 8.66. The molecule has 0 aliphatic rings. The number of aromatic nitrogens is 3. The van der Waals surface area contributed by atoms with Gasteiger partial charge in [-0.1, -0.05) is 23.9 Å². The van der Waals surface area contributed by atoms with E-state index in [1.807, 2.05) is 36.5 Å². The summed E-state index contributed by atoms with van der Waals surface area (Å²) in [5, 5.41) is 0. The number of hydrogen-bond acceptors (Lipinski definition) is 5. The Labute approximate surface area is 137 Å². The van der Waals surface area contributed by atoms with Crippen LogP contribution in [0.4, 0.5) is 0 Å². The summed E-state index contributed by atoms with van der Waals surface area (Å²) in [4.78, 5) is 14.6. The van der Waals surface area contributed by atoms with Gasteiger partial charge >= 0.3 is 0 Å². The van der Waals surface area contributed by atoms with Crippen molar-refractivity contribution in [2.24, 2.45) is 0 Å². The Balaban J connectivity index is 1.80. The molecule has 0 radical (unpaired) electrons. The molecule has 0 saturated heterocycles. The van der Waals surface area contributed by atoms with Crippen molar-refractivity contribution in [1.29, 1.82) is 0 Å². The van der Waals surface area contributed by atoms with Crippen LogP contribution in [0.25, 0.3) is 21.3 Å². The fourth-order valence-corrected chi connectivity index (χ4v) is 4.49. The summed E-state index contributed by atoms with van der Waals surface area (Å²) >= 11 is 6.76. The van der Waals surface area contributed by atoms with E-state index in [0.29, 0.717) is 0 Å². The highest BCUT2D eigenvalue weighted by molar-refractivity contribution is 9.10. The smallest absolute Gasteiger partial charge is 0.155 e. The second-order valence-electron chi connectivity index (χ2n) is 4.38. The molecule has 0 saturated carbocycles. The summed E-state index contributed by atoms with van der Waals surface area (Å²) in [6.07, 6.45) is 3.61. The van der Waals surface area contributed by atoms with Crippen LogP contribution in [0, 0.1) is 0 Å². The number of para-hydroxylation sites is 1. The molecular weight excluding hydrogens is 366 g/mol. The maximum atomic E-state index is 4.66. The largest absolute Gasteiger partial charge is 0.254 e. The summed E-state index contributed by atoms with van der Waals surface area (Å²) < 4.78 is 3.16. The maximum absolute atomic E-state index is 4.66. The van der Waals surface area contributed by atoms with Crippen LogP contribution in [0.1, 0.15) is 0 Å². The highest BCUT2D eigenvalue weighted by Gasteiger charge is 2.09. The van der Waals surface area contributed by atoms with Crippen LogP contribution in [0.2, 0.25) is 0 Å². The van der Waals surface area contributed by atoms with Crippen molar-refractivity contribution in [2.75, 3.05) is 0 Å². The van der Waals surface area contributed by atoms with Crippen LogP contribution < -0.4 is 0 Å². The van der Waals surface area contributed by atoms with Gasteiger partial charge in [-0.3, -0.25) is 9.97 Å². The van der Waals surface area contributed by atoms with E-state index in [1.165, 1.54) is 4.70 Å². The third kappa shape index (κ3) is 2.54. The lowest BCUT2D eigenvalue weighted by molar-refractivity contribution is 1.25. The van der Waals surface area contributed by atoms with Gasteiger partial charge in [0, 0.05) is 21.8 Å². The highest BCUT2D eigenvalue weighted by Crippen LogP contribution is 2.36. The van der Waals surface area contributed by atoms with Crippen LogP contribution in [0.5, 0.6) is 0 Å². The van der Waals surface area contributed by atoms with Gasteiger partial charge in [-0.05, 0) is 40.2 Å². The fraction of sp³-hybridized carbons (Fsp3) is 0. The third-order valence-electron chi connectivity index (χ3n) is 2.98. The van der Waals surface area contributed by atoms with E-state index >= 15 is 0 Å². The Kier molecular flexibility index (Phi) is 3.37. The molecule has 0 aliphatic carbocycles. The van der Waals surface area contributed by atoms with Gasteiger partial charge in [-0.25, -0.2) is 4.98 Å². The number of thiazole rings is 1. The van der Waals surface area contributed by atoms with Crippen LogP contribution in [-0.2, 0) is 0 Å². The molecule has 6 heteroatoms. The number of fused-ring (bicyclic) bond motifs is 2. The number of benzene rings is 1. The van der Waals surface area contributed by atoms with Crippen LogP contribution in [0.15, 0.2) is 62.5 Å². The van der Waals surface area contributed by atoms with Crippen LogP contribution in [-0.4, -0.2) is 15.0 Å². The predicted molar refractivity (Wildman–Crippen MR) is 91.0 cm³/mol. The first-order chi connectivity index (χ1) is 10.3. The number of rotatable bonds is 2. The molecule has 0 unspecified atom stereocenters. The summed E-state index contributed by atoms with van der Waals surface area (Å²) in [6.45, 7) is 0. The zero-order valence-corrected chi connectivity index (χ0v) is 13.9. The lowest BCUT2D eigenvalue weighted by Crippen LogP contribution is -1.85. The van der Waals surface area contributed by atoms with E-state index in [0.717, 1.165) is 30.3 Å². The topological polar surface area (TPSA) is 38.7 Å². The highest BCUT2D eigenvalue weighted by atomic mass is 79.9. The van der Waals surface area contributed by atoms with Gasteiger partial charge in [0.25, 0.3) is 0 Å². The number of halogens is 1. The standard InChI is InChI=1S/C15H8BrN3S2/c16-9-7-11-14(18-8-9)13(5-6-17-11)21-15-19-10-3-1-2-4-12(10)20-15/h1-8H. The van der Waals surface area contributed by atoms with Crippen molar-refractivity contribution < 1.29 is 0 Å². The van der Waals surface area contributed by atoms with Crippen molar-refractivity contribution in [3.8, 4) is 0 Å². The minimum Gasteiger partial charge on any atom is -0.254 e. The first kappa shape index (κ1) is 13.2. The van der Waals surface area contributed by atoms with E-state index in [-0.39, 0.29) is 0 Å². The van der Waals surface area contributed by atoms with Gasteiger partial charge in [-0.15, -0.1) is 11.3 Å². The zero-order valence-electron chi connectivity index (χ0n) is 10.7. The number of nitrogens with zero attached hydrogens (tertiary/aromatic N) is 3. The Hall–Kier alpha value is -1.50. The molecule has 3 heterocycles. The monoisotopic (exact) mass is 373 g/mol. The molecule has 0 atom stereocenters. The van der Waals surface area contributed by atoms with Gasteiger partial charge < -0.3 is 0 Å². The molecule has 3 aromatic heterocycles. The fourth-order valence-electron chi connectivity index (χ4n) is 2.05.